The number of urea groups is 1. The molecule has 112 valence electrons. The van der Waals surface area contributed by atoms with E-state index in [4.69, 9.17) is 5.11 Å². The summed E-state index contributed by atoms with van der Waals surface area (Å²) < 4.78 is 2.08. The molecule has 1 aromatic heterocycles. The average Bonchev–Trinajstić information content (AvgIpc) is 2.34. The number of aliphatic hydroxyl groups is 1. The lowest BCUT2D eigenvalue weighted by Crippen LogP contribution is -2.42. The number of carbonyl (C=O) groups is 1. The van der Waals surface area contributed by atoms with E-state index in [0.29, 0.717) is 10.9 Å². The first-order chi connectivity index (χ1) is 9.35. The fourth-order valence-corrected chi connectivity index (χ4v) is 2.33. The normalized spacial score (nSPS) is 12.3. The van der Waals surface area contributed by atoms with Gasteiger partial charge in [0.2, 0.25) is 0 Å². The summed E-state index contributed by atoms with van der Waals surface area (Å²) in [7, 11) is 1.61. The van der Waals surface area contributed by atoms with E-state index >= 15 is 0 Å². The van der Waals surface area contributed by atoms with Crippen molar-refractivity contribution < 1.29 is 9.90 Å². The van der Waals surface area contributed by atoms with E-state index in [1.165, 1.54) is 4.57 Å². The van der Waals surface area contributed by atoms with Crippen molar-refractivity contribution in [2.45, 2.75) is 26.3 Å². The van der Waals surface area contributed by atoms with Crippen LogP contribution in [0.1, 0.15) is 20.3 Å². The second kappa shape index (κ2) is 7.44. The maximum atomic E-state index is 11.9. The molecular weight excluding hydrogens is 326 g/mol. The zero-order chi connectivity index (χ0) is 15.3. The van der Waals surface area contributed by atoms with Gasteiger partial charge in [-0.25, -0.2) is 4.79 Å². The largest absolute Gasteiger partial charge is 0.396 e. The zero-order valence-corrected chi connectivity index (χ0v) is 13.4. The van der Waals surface area contributed by atoms with Gasteiger partial charge in [-0.3, -0.25) is 4.79 Å². The molecule has 0 spiro atoms. The standard InChI is InChI=1S/C13H20BrN3O3/c1-8(2)10(4-5-18)15-13(20)16-11-6-9(14)7-17(3)12(11)19/h6-8,10,18H,4-5H2,1-3H3,(H2,15,16,20). The highest BCUT2D eigenvalue weighted by atomic mass is 79.9. The molecule has 0 aromatic carbocycles. The number of hydrogen-bond donors (Lipinski definition) is 3. The van der Waals surface area contributed by atoms with Crippen LogP contribution < -0.4 is 16.2 Å². The average molecular weight is 346 g/mol. The number of amides is 2. The van der Waals surface area contributed by atoms with E-state index in [-0.39, 0.29) is 29.8 Å². The molecule has 0 saturated heterocycles. The molecular formula is C13H20BrN3O3. The van der Waals surface area contributed by atoms with Crippen LogP contribution in [0.15, 0.2) is 21.5 Å². The third-order valence-electron chi connectivity index (χ3n) is 2.96. The molecule has 3 N–H and O–H groups in total. The van der Waals surface area contributed by atoms with Gasteiger partial charge < -0.3 is 20.3 Å². The van der Waals surface area contributed by atoms with Crippen LogP contribution in [0.2, 0.25) is 0 Å². The van der Waals surface area contributed by atoms with Crippen molar-refractivity contribution in [2.75, 3.05) is 11.9 Å². The zero-order valence-electron chi connectivity index (χ0n) is 11.8. The number of aryl methyl sites for hydroxylation is 1. The van der Waals surface area contributed by atoms with Gasteiger partial charge in [-0.2, -0.15) is 0 Å². The van der Waals surface area contributed by atoms with Crippen molar-refractivity contribution >= 4 is 27.6 Å². The maximum Gasteiger partial charge on any atom is 0.319 e. The Kier molecular flexibility index (Phi) is 6.22. The lowest BCUT2D eigenvalue weighted by molar-refractivity contribution is 0.227. The molecule has 20 heavy (non-hydrogen) atoms. The summed E-state index contributed by atoms with van der Waals surface area (Å²) in [6, 6.07) is 0.960. The van der Waals surface area contributed by atoms with Gasteiger partial charge in [-0.1, -0.05) is 13.8 Å². The van der Waals surface area contributed by atoms with Crippen LogP contribution >= 0.6 is 15.9 Å². The Hall–Kier alpha value is -1.34. The molecule has 1 rings (SSSR count). The highest BCUT2D eigenvalue weighted by molar-refractivity contribution is 9.10. The quantitative estimate of drug-likeness (QED) is 0.759. The lowest BCUT2D eigenvalue weighted by atomic mass is 10.0. The van der Waals surface area contributed by atoms with Crippen molar-refractivity contribution in [1.29, 1.82) is 0 Å². The summed E-state index contributed by atoms with van der Waals surface area (Å²) in [4.78, 5) is 23.8. The molecule has 0 bridgehead atoms. The van der Waals surface area contributed by atoms with Crippen LogP contribution in [0.5, 0.6) is 0 Å². The van der Waals surface area contributed by atoms with E-state index in [1.54, 1.807) is 19.3 Å². The maximum absolute atomic E-state index is 11.9. The third kappa shape index (κ3) is 4.64. The monoisotopic (exact) mass is 345 g/mol. The molecule has 1 heterocycles. The molecule has 0 saturated carbocycles. The number of hydrogen-bond acceptors (Lipinski definition) is 3. The van der Waals surface area contributed by atoms with Crippen molar-refractivity contribution in [3.05, 3.63) is 27.1 Å². The highest BCUT2D eigenvalue weighted by Gasteiger charge is 2.16. The van der Waals surface area contributed by atoms with Crippen LogP contribution in [-0.4, -0.2) is 28.4 Å². The molecule has 0 aliphatic carbocycles. The molecule has 1 atom stereocenters. The minimum atomic E-state index is -0.452. The SMILES string of the molecule is CC(C)C(CCO)NC(=O)Nc1cc(Br)cn(C)c1=O. The Morgan fingerprint density at radius 1 is 1.50 bits per heavy atom. The van der Waals surface area contributed by atoms with Gasteiger partial charge in [0.25, 0.3) is 5.56 Å². The summed E-state index contributed by atoms with van der Waals surface area (Å²) in [6.45, 7) is 3.92. The number of nitrogens with one attached hydrogen (secondary N) is 2. The fraction of sp³-hybridized carbons (Fsp3) is 0.538. The van der Waals surface area contributed by atoms with E-state index in [9.17, 15) is 9.59 Å². The highest BCUT2D eigenvalue weighted by Crippen LogP contribution is 2.12. The van der Waals surface area contributed by atoms with Crippen LogP contribution in [0.4, 0.5) is 10.5 Å². The summed E-state index contributed by atoms with van der Waals surface area (Å²) in [6.07, 6.45) is 2.09. The molecule has 0 radical (unpaired) electrons. The van der Waals surface area contributed by atoms with Crippen molar-refractivity contribution in [2.24, 2.45) is 13.0 Å². The molecule has 1 unspecified atom stereocenters. The van der Waals surface area contributed by atoms with Gasteiger partial charge in [-0.05, 0) is 34.3 Å². The number of rotatable bonds is 5. The second-order valence-corrected chi connectivity index (χ2v) is 5.86. The number of aliphatic hydroxyl groups excluding tert-OH is 1. The van der Waals surface area contributed by atoms with Gasteiger partial charge in [0.1, 0.15) is 5.69 Å². The van der Waals surface area contributed by atoms with Gasteiger partial charge in [0.15, 0.2) is 0 Å². The first-order valence-corrected chi connectivity index (χ1v) is 7.19. The van der Waals surface area contributed by atoms with Crippen molar-refractivity contribution in [1.82, 2.24) is 9.88 Å². The Morgan fingerprint density at radius 2 is 2.15 bits per heavy atom. The Labute approximate surface area is 126 Å². The predicted octanol–water partition coefficient (Wildman–Crippen LogP) is 1.68. The topological polar surface area (TPSA) is 83.4 Å². The first kappa shape index (κ1) is 16.7. The Balaban J connectivity index is 2.78. The molecule has 0 fully saturated rings. The van der Waals surface area contributed by atoms with Crippen LogP contribution in [-0.2, 0) is 7.05 Å². The molecule has 0 aliphatic rings. The molecule has 6 nitrogen and oxygen atoms in total. The Morgan fingerprint density at radius 3 is 2.70 bits per heavy atom. The van der Waals surface area contributed by atoms with E-state index in [2.05, 4.69) is 26.6 Å². The number of halogens is 1. The second-order valence-electron chi connectivity index (χ2n) is 4.95. The van der Waals surface area contributed by atoms with Crippen LogP contribution in [0, 0.1) is 5.92 Å². The molecule has 2 amide bonds. The van der Waals surface area contributed by atoms with E-state index < -0.39 is 6.03 Å². The number of aromatic nitrogens is 1. The summed E-state index contributed by atoms with van der Waals surface area (Å²) in [5.41, 5.74) is -0.0857. The molecule has 0 aliphatic heterocycles. The van der Waals surface area contributed by atoms with E-state index in [0.717, 1.165) is 0 Å². The summed E-state index contributed by atoms with van der Waals surface area (Å²) in [5.74, 6) is 0.193. The van der Waals surface area contributed by atoms with Crippen LogP contribution in [0.3, 0.4) is 0 Å². The molecule has 1 aromatic rings. The minimum Gasteiger partial charge on any atom is -0.396 e. The third-order valence-corrected chi connectivity index (χ3v) is 3.39. The summed E-state index contributed by atoms with van der Waals surface area (Å²) >= 11 is 3.27. The number of nitrogens with zero attached hydrogens (tertiary/aromatic N) is 1. The Bertz CT molecular complexity index is 528. The lowest BCUT2D eigenvalue weighted by Gasteiger charge is -2.21. The number of anilines is 1. The van der Waals surface area contributed by atoms with Gasteiger partial charge in [0.05, 0.1) is 0 Å². The van der Waals surface area contributed by atoms with E-state index in [1.807, 2.05) is 13.8 Å². The molecule has 7 heteroatoms. The number of carbonyl (C=O) groups excluding carboxylic acids is 1. The van der Waals surface area contributed by atoms with Crippen LogP contribution in [0.25, 0.3) is 0 Å². The smallest absolute Gasteiger partial charge is 0.319 e. The van der Waals surface area contributed by atoms with Gasteiger partial charge in [-0.15, -0.1) is 0 Å². The van der Waals surface area contributed by atoms with Crippen molar-refractivity contribution in [3.63, 3.8) is 0 Å². The van der Waals surface area contributed by atoms with Gasteiger partial charge >= 0.3 is 6.03 Å². The fourth-order valence-electron chi connectivity index (χ4n) is 1.80. The number of pyridine rings is 1. The van der Waals surface area contributed by atoms with Gasteiger partial charge in [0, 0.05) is 30.4 Å². The first-order valence-electron chi connectivity index (χ1n) is 6.39. The van der Waals surface area contributed by atoms with Crippen molar-refractivity contribution in [3.8, 4) is 0 Å². The summed E-state index contributed by atoms with van der Waals surface area (Å²) in [5, 5.41) is 14.3. The predicted molar refractivity (Wildman–Crippen MR) is 81.9 cm³/mol. The minimum absolute atomic E-state index is 0.00176.